The summed E-state index contributed by atoms with van der Waals surface area (Å²) in [6.45, 7) is 0. The van der Waals surface area contributed by atoms with E-state index in [1.54, 1.807) is 0 Å². The molecule has 1 aliphatic carbocycles. The van der Waals surface area contributed by atoms with Gasteiger partial charge in [-0.25, -0.2) is 0 Å². The van der Waals surface area contributed by atoms with Gasteiger partial charge in [0.2, 0.25) is 0 Å². The van der Waals surface area contributed by atoms with Gasteiger partial charge in [0.1, 0.15) is 11.2 Å². The normalized spacial score (nSPS) is 13.1. The molecule has 2 nitrogen and oxygen atoms in total. The molecule has 1 heterocycles. The number of fused-ring (bicyclic) bond motifs is 6. The zero-order valence-corrected chi connectivity index (χ0v) is 25.4. The molecular formula is C44H31NO. The van der Waals surface area contributed by atoms with E-state index in [2.05, 4.69) is 169 Å². The Morgan fingerprint density at radius 3 is 2.13 bits per heavy atom. The predicted molar refractivity (Wildman–Crippen MR) is 195 cm³/mol. The molecule has 0 radical (unpaired) electrons. The highest BCUT2D eigenvalue weighted by molar-refractivity contribution is 6.19. The first-order valence-corrected chi connectivity index (χ1v) is 16.0. The maximum absolute atomic E-state index is 6.78. The predicted octanol–water partition coefficient (Wildman–Crippen LogP) is 12.8. The molecule has 9 rings (SSSR count). The van der Waals surface area contributed by atoms with Crippen LogP contribution in [0.3, 0.4) is 0 Å². The fraction of sp³-hybridized carbons (Fsp3) is 0.0455. The third-order valence-corrected chi connectivity index (χ3v) is 9.24. The second kappa shape index (κ2) is 10.9. The first kappa shape index (κ1) is 26.5. The molecule has 0 fully saturated rings. The smallest absolute Gasteiger partial charge is 0.143 e. The molecule has 218 valence electrons. The quantitative estimate of drug-likeness (QED) is 0.199. The lowest BCUT2D eigenvalue weighted by Gasteiger charge is -2.26. The summed E-state index contributed by atoms with van der Waals surface area (Å²) in [5.74, 6) is 0. The molecule has 0 bridgehead atoms. The number of hydrogen-bond donors (Lipinski definition) is 0. The van der Waals surface area contributed by atoms with E-state index in [0.29, 0.717) is 0 Å². The number of allylic oxidation sites excluding steroid dienone is 4. The third kappa shape index (κ3) is 4.42. The topological polar surface area (TPSA) is 16.4 Å². The molecule has 1 aliphatic rings. The number of anilines is 3. The van der Waals surface area contributed by atoms with Crippen LogP contribution in [0, 0.1) is 0 Å². The van der Waals surface area contributed by atoms with Gasteiger partial charge in [-0.15, -0.1) is 0 Å². The monoisotopic (exact) mass is 589 g/mol. The highest BCUT2D eigenvalue weighted by atomic mass is 16.3. The average molecular weight is 590 g/mol. The first-order valence-electron chi connectivity index (χ1n) is 16.0. The third-order valence-electron chi connectivity index (χ3n) is 9.24. The Morgan fingerprint density at radius 1 is 0.500 bits per heavy atom. The lowest BCUT2D eigenvalue weighted by atomic mass is 9.92. The van der Waals surface area contributed by atoms with E-state index in [4.69, 9.17) is 4.42 Å². The van der Waals surface area contributed by atoms with Gasteiger partial charge < -0.3 is 9.32 Å². The Balaban J connectivity index is 1.24. The summed E-state index contributed by atoms with van der Waals surface area (Å²) in [7, 11) is 0. The summed E-state index contributed by atoms with van der Waals surface area (Å²) >= 11 is 0. The number of nitrogens with zero attached hydrogens (tertiary/aromatic N) is 1. The Hall–Kier alpha value is -5.86. The number of furan rings is 1. The van der Waals surface area contributed by atoms with Gasteiger partial charge in [-0.05, 0) is 88.3 Å². The maximum atomic E-state index is 6.78. The van der Waals surface area contributed by atoms with Crippen LogP contribution in [0.2, 0.25) is 0 Å². The number of para-hydroxylation sites is 1. The van der Waals surface area contributed by atoms with E-state index in [-0.39, 0.29) is 0 Å². The first-order chi connectivity index (χ1) is 22.8. The standard InChI is InChI=1S/C44H31NO/c1-3-13-30(14-4-1)32-17-11-18-33(27-32)40-29-41-38-26-25-35(28-43(38)46-44(41)39-23-10-9-22-37(39)40)45(34-19-5-2-6-20-34)42-24-12-16-31-15-7-8-21-36(31)42/h2-3,5-29H,1,4H2. The minimum Gasteiger partial charge on any atom is -0.455 e. The molecule has 0 N–H and O–H groups in total. The zero-order chi connectivity index (χ0) is 30.5. The number of benzene rings is 7. The Morgan fingerprint density at radius 2 is 1.26 bits per heavy atom. The molecule has 0 spiro atoms. The van der Waals surface area contributed by atoms with Crippen LogP contribution in [-0.2, 0) is 0 Å². The molecule has 46 heavy (non-hydrogen) atoms. The molecule has 0 unspecified atom stereocenters. The Bertz CT molecular complexity index is 2480. The molecule has 2 heteroatoms. The van der Waals surface area contributed by atoms with E-state index in [1.165, 1.54) is 38.4 Å². The lowest BCUT2D eigenvalue weighted by Crippen LogP contribution is -2.10. The minimum atomic E-state index is 0.877. The highest BCUT2D eigenvalue weighted by Gasteiger charge is 2.19. The van der Waals surface area contributed by atoms with Gasteiger partial charge in [0.15, 0.2) is 0 Å². The van der Waals surface area contributed by atoms with Crippen LogP contribution in [0.5, 0.6) is 0 Å². The molecule has 0 atom stereocenters. The average Bonchev–Trinajstić information content (AvgIpc) is 3.50. The number of hydrogen-bond acceptors (Lipinski definition) is 2. The van der Waals surface area contributed by atoms with E-state index >= 15 is 0 Å². The van der Waals surface area contributed by atoms with Gasteiger partial charge in [-0.1, -0.05) is 115 Å². The van der Waals surface area contributed by atoms with Gasteiger partial charge in [0.25, 0.3) is 0 Å². The highest BCUT2D eigenvalue weighted by Crippen LogP contribution is 2.44. The van der Waals surface area contributed by atoms with Crippen LogP contribution in [0.15, 0.2) is 168 Å². The Labute approximate surface area is 268 Å². The molecule has 0 saturated heterocycles. The van der Waals surface area contributed by atoms with E-state index < -0.39 is 0 Å². The zero-order valence-electron chi connectivity index (χ0n) is 25.4. The van der Waals surface area contributed by atoms with Crippen molar-refractivity contribution in [3.05, 3.63) is 169 Å². The molecule has 0 saturated carbocycles. The van der Waals surface area contributed by atoms with Crippen LogP contribution >= 0.6 is 0 Å². The lowest BCUT2D eigenvalue weighted by molar-refractivity contribution is 0.673. The minimum absolute atomic E-state index is 0.877. The molecule has 0 aliphatic heterocycles. The van der Waals surface area contributed by atoms with Gasteiger partial charge in [-0.3, -0.25) is 0 Å². The molecular weight excluding hydrogens is 558 g/mol. The van der Waals surface area contributed by atoms with E-state index in [1.807, 2.05) is 0 Å². The summed E-state index contributed by atoms with van der Waals surface area (Å²) in [5, 5.41) is 6.99. The second-order valence-corrected chi connectivity index (χ2v) is 12.0. The number of rotatable bonds is 5. The van der Waals surface area contributed by atoms with E-state index in [9.17, 15) is 0 Å². The van der Waals surface area contributed by atoms with Crippen molar-refractivity contribution in [3.8, 4) is 11.1 Å². The molecule has 7 aromatic carbocycles. The summed E-state index contributed by atoms with van der Waals surface area (Å²) in [6, 6.07) is 52.2. The van der Waals surface area contributed by atoms with Crippen LogP contribution in [0.1, 0.15) is 18.4 Å². The second-order valence-electron chi connectivity index (χ2n) is 12.0. The molecule has 8 aromatic rings. The van der Waals surface area contributed by atoms with Gasteiger partial charge in [0, 0.05) is 39.0 Å². The Kier molecular flexibility index (Phi) is 6.31. The summed E-state index contributed by atoms with van der Waals surface area (Å²) in [5.41, 5.74) is 10.1. The fourth-order valence-corrected chi connectivity index (χ4v) is 7.07. The fourth-order valence-electron chi connectivity index (χ4n) is 7.07. The van der Waals surface area contributed by atoms with Crippen LogP contribution in [0.4, 0.5) is 17.1 Å². The van der Waals surface area contributed by atoms with Gasteiger partial charge >= 0.3 is 0 Å². The van der Waals surface area contributed by atoms with Crippen molar-refractivity contribution in [2.45, 2.75) is 12.8 Å². The van der Waals surface area contributed by atoms with Crippen molar-refractivity contribution in [2.75, 3.05) is 4.90 Å². The van der Waals surface area contributed by atoms with Crippen molar-refractivity contribution < 1.29 is 4.42 Å². The maximum Gasteiger partial charge on any atom is 0.143 e. The van der Waals surface area contributed by atoms with Crippen molar-refractivity contribution in [2.24, 2.45) is 0 Å². The molecule has 0 amide bonds. The van der Waals surface area contributed by atoms with Gasteiger partial charge in [0.05, 0.1) is 5.69 Å². The molecule has 1 aromatic heterocycles. The van der Waals surface area contributed by atoms with Crippen molar-refractivity contribution in [1.29, 1.82) is 0 Å². The van der Waals surface area contributed by atoms with Crippen molar-refractivity contribution in [1.82, 2.24) is 0 Å². The van der Waals surface area contributed by atoms with Crippen LogP contribution in [0.25, 0.3) is 60.2 Å². The van der Waals surface area contributed by atoms with Crippen molar-refractivity contribution >= 4 is 66.1 Å². The van der Waals surface area contributed by atoms with Crippen LogP contribution < -0.4 is 4.90 Å². The van der Waals surface area contributed by atoms with E-state index in [0.717, 1.165) is 57.2 Å². The van der Waals surface area contributed by atoms with Crippen molar-refractivity contribution in [3.63, 3.8) is 0 Å². The largest absolute Gasteiger partial charge is 0.455 e. The summed E-state index contributed by atoms with van der Waals surface area (Å²) in [6.07, 6.45) is 9.08. The van der Waals surface area contributed by atoms with Gasteiger partial charge in [-0.2, -0.15) is 0 Å². The SMILES string of the molecule is C1=CC(c2cccc(-c3cc4c5ccc(N(c6ccccc6)c6cccc7ccccc67)cc5oc4c4ccccc34)c2)=CCC1. The summed E-state index contributed by atoms with van der Waals surface area (Å²) in [4.78, 5) is 2.33. The summed E-state index contributed by atoms with van der Waals surface area (Å²) < 4.78 is 6.78. The van der Waals surface area contributed by atoms with Crippen LogP contribution in [-0.4, -0.2) is 0 Å².